The first-order valence-corrected chi connectivity index (χ1v) is 11.0. The summed E-state index contributed by atoms with van der Waals surface area (Å²) in [5.74, 6) is 2.54. The zero-order valence-corrected chi connectivity index (χ0v) is 16.8. The molecule has 4 rings (SSSR count). The van der Waals surface area contributed by atoms with Crippen LogP contribution >= 0.6 is 0 Å². The van der Waals surface area contributed by atoms with E-state index in [1.165, 1.54) is 22.7 Å². The van der Waals surface area contributed by atoms with Crippen molar-refractivity contribution in [3.63, 3.8) is 0 Å². The van der Waals surface area contributed by atoms with E-state index in [4.69, 9.17) is 4.42 Å². The Balaban J connectivity index is 1.51. The summed E-state index contributed by atoms with van der Waals surface area (Å²) in [5, 5.41) is 15.5. The SMILES string of the molecule is C[C@H]1C[C@@H]1c1ccc(/C=N\Nc2ccc(S(=O)(=O)N3CCCC3)cc2[N+](=O)[O-])o1. The molecule has 1 aromatic carbocycles. The highest BCUT2D eigenvalue weighted by molar-refractivity contribution is 7.89. The number of rotatable bonds is 7. The number of hydrazone groups is 1. The predicted molar refractivity (Wildman–Crippen MR) is 108 cm³/mol. The molecule has 1 aromatic heterocycles. The van der Waals surface area contributed by atoms with Crippen molar-refractivity contribution in [2.45, 2.75) is 37.0 Å². The largest absolute Gasteiger partial charge is 0.460 e. The number of hydrogen-bond donors (Lipinski definition) is 1. The lowest BCUT2D eigenvalue weighted by atomic mass is 10.3. The molecule has 0 radical (unpaired) electrons. The Morgan fingerprint density at radius 1 is 1.28 bits per heavy atom. The van der Waals surface area contributed by atoms with E-state index in [-0.39, 0.29) is 16.3 Å². The maximum Gasteiger partial charge on any atom is 0.295 e. The van der Waals surface area contributed by atoms with Gasteiger partial charge in [0.05, 0.1) is 16.0 Å². The number of benzene rings is 1. The van der Waals surface area contributed by atoms with Crippen LogP contribution in [0.15, 0.2) is 44.7 Å². The van der Waals surface area contributed by atoms with E-state index in [2.05, 4.69) is 17.5 Å². The van der Waals surface area contributed by atoms with Crippen LogP contribution in [0.25, 0.3) is 0 Å². The summed E-state index contributed by atoms with van der Waals surface area (Å²) >= 11 is 0. The predicted octanol–water partition coefficient (Wildman–Crippen LogP) is 3.54. The quantitative estimate of drug-likeness (QED) is 0.417. The van der Waals surface area contributed by atoms with Crippen LogP contribution in [0.1, 0.15) is 43.6 Å². The van der Waals surface area contributed by atoms with Crippen LogP contribution in [0, 0.1) is 16.0 Å². The standard InChI is InChI=1S/C19H22N4O5S/c1-13-10-16(13)19-7-4-14(28-19)12-20-21-17-6-5-15(11-18(17)23(24)25)29(26,27)22-8-2-3-9-22/h4-7,11-13,16,21H,2-3,8-10H2,1H3/b20-12-/t13-,16-/m0/s1. The van der Waals surface area contributed by atoms with Gasteiger partial charge in [-0.2, -0.15) is 9.41 Å². The highest BCUT2D eigenvalue weighted by Crippen LogP contribution is 2.47. The van der Waals surface area contributed by atoms with Crippen LogP contribution < -0.4 is 5.43 Å². The molecule has 2 aromatic rings. The molecule has 1 saturated heterocycles. The normalized spacial score (nSPS) is 22.2. The summed E-state index contributed by atoms with van der Waals surface area (Å²) in [5.41, 5.74) is 2.37. The van der Waals surface area contributed by atoms with E-state index in [0.717, 1.165) is 31.1 Å². The minimum atomic E-state index is -3.73. The lowest BCUT2D eigenvalue weighted by molar-refractivity contribution is -0.384. The molecule has 1 aliphatic carbocycles. The van der Waals surface area contributed by atoms with Crippen molar-refractivity contribution >= 4 is 27.6 Å². The van der Waals surface area contributed by atoms with Crippen molar-refractivity contribution in [1.82, 2.24) is 4.31 Å². The van der Waals surface area contributed by atoms with Crippen LogP contribution in [-0.4, -0.2) is 37.0 Å². The Labute approximate surface area is 168 Å². The number of nitrogens with zero attached hydrogens (tertiary/aromatic N) is 3. The molecule has 1 saturated carbocycles. The van der Waals surface area contributed by atoms with E-state index in [1.807, 2.05) is 6.07 Å². The number of hydrogen-bond acceptors (Lipinski definition) is 7. The lowest BCUT2D eigenvalue weighted by Gasteiger charge is -2.15. The molecule has 0 amide bonds. The first kappa shape index (κ1) is 19.6. The summed E-state index contributed by atoms with van der Waals surface area (Å²) in [6.45, 7) is 3.03. The molecule has 1 N–H and O–H groups in total. The third-order valence-corrected chi connectivity index (χ3v) is 7.26. The number of anilines is 1. The maximum absolute atomic E-state index is 12.6. The fourth-order valence-electron chi connectivity index (χ4n) is 3.52. The fraction of sp³-hybridized carbons (Fsp3) is 0.421. The molecule has 1 aliphatic heterocycles. The van der Waals surface area contributed by atoms with Gasteiger partial charge in [0.25, 0.3) is 5.69 Å². The third-order valence-electron chi connectivity index (χ3n) is 5.37. The number of sulfonamides is 1. The van der Waals surface area contributed by atoms with Gasteiger partial charge in [-0.1, -0.05) is 6.92 Å². The zero-order chi connectivity index (χ0) is 20.6. The Morgan fingerprint density at radius 2 is 2.00 bits per heavy atom. The van der Waals surface area contributed by atoms with Crippen molar-refractivity contribution in [1.29, 1.82) is 0 Å². The van der Waals surface area contributed by atoms with Crippen LogP contribution in [0.3, 0.4) is 0 Å². The van der Waals surface area contributed by atoms with Gasteiger partial charge in [-0.25, -0.2) is 8.42 Å². The Hall–Kier alpha value is -2.72. The highest BCUT2D eigenvalue weighted by Gasteiger charge is 2.36. The first-order valence-electron chi connectivity index (χ1n) is 9.53. The number of nitro groups is 1. The van der Waals surface area contributed by atoms with Crippen molar-refractivity contribution in [2.24, 2.45) is 11.0 Å². The molecule has 0 unspecified atom stereocenters. The second kappa shape index (κ2) is 7.60. The van der Waals surface area contributed by atoms with Gasteiger partial charge in [-0.15, -0.1) is 0 Å². The van der Waals surface area contributed by atoms with E-state index in [1.54, 1.807) is 6.07 Å². The number of furan rings is 1. The van der Waals surface area contributed by atoms with Gasteiger partial charge in [0.1, 0.15) is 17.2 Å². The topological polar surface area (TPSA) is 118 Å². The Bertz CT molecular complexity index is 1060. The minimum Gasteiger partial charge on any atom is -0.460 e. The zero-order valence-electron chi connectivity index (χ0n) is 15.9. The number of nitro benzene ring substituents is 1. The summed E-state index contributed by atoms with van der Waals surface area (Å²) in [6, 6.07) is 7.50. The monoisotopic (exact) mass is 418 g/mol. The molecular weight excluding hydrogens is 396 g/mol. The Kier molecular flexibility index (Phi) is 5.13. The van der Waals surface area contributed by atoms with Crippen molar-refractivity contribution in [3.8, 4) is 0 Å². The molecule has 29 heavy (non-hydrogen) atoms. The highest BCUT2D eigenvalue weighted by atomic mass is 32.2. The summed E-state index contributed by atoms with van der Waals surface area (Å²) in [4.78, 5) is 10.7. The molecule has 154 valence electrons. The molecular formula is C19H22N4O5S. The molecule has 2 heterocycles. The van der Waals surface area contributed by atoms with E-state index in [9.17, 15) is 18.5 Å². The summed E-state index contributed by atoms with van der Waals surface area (Å²) in [7, 11) is -3.73. The summed E-state index contributed by atoms with van der Waals surface area (Å²) < 4.78 is 32.4. The average Bonchev–Trinajstić information content (AvgIpc) is 3.11. The van der Waals surface area contributed by atoms with Crippen molar-refractivity contribution in [2.75, 3.05) is 18.5 Å². The molecule has 2 atom stereocenters. The first-order chi connectivity index (χ1) is 13.9. The molecule has 2 aliphatic rings. The van der Waals surface area contributed by atoms with E-state index < -0.39 is 14.9 Å². The van der Waals surface area contributed by atoms with Crippen LogP contribution in [0.2, 0.25) is 0 Å². The van der Waals surface area contributed by atoms with Gasteiger partial charge in [0.15, 0.2) is 0 Å². The van der Waals surface area contributed by atoms with Crippen molar-refractivity contribution < 1.29 is 17.8 Å². The second-order valence-electron chi connectivity index (χ2n) is 7.48. The molecule has 0 bridgehead atoms. The maximum atomic E-state index is 12.6. The average molecular weight is 418 g/mol. The van der Waals surface area contributed by atoms with Crippen LogP contribution in [0.5, 0.6) is 0 Å². The van der Waals surface area contributed by atoms with Gasteiger partial charge < -0.3 is 4.42 Å². The van der Waals surface area contributed by atoms with Crippen molar-refractivity contribution in [3.05, 3.63) is 52.0 Å². The third kappa shape index (κ3) is 4.03. The molecule has 2 fully saturated rings. The van der Waals surface area contributed by atoms with Gasteiger partial charge in [0.2, 0.25) is 10.0 Å². The van der Waals surface area contributed by atoms with E-state index in [0.29, 0.717) is 30.7 Å². The van der Waals surface area contributed by atoms with E-state index >= 15 is 0 Å². The van der Waals surface area contributed by atoms with Crippen LogP contribution in [0.4, 0.5) is 11.4 Å². The van der Waals surface area contributed by atoms with Gasteiger partial charge in [0, 0.05) is 25.1 Å². The second-order valence-corrected chi connectivity index (χ2v) is 9.41. The molecule has 0 spiro atoms. The lowest BCUT2D eigenvalue weighted by Crippen LogP contribution is -2.27. The minimum absolute atomic E-state index is 0.0881. The molecule has 9 nitrogen and oxygen atoms in total. The fourth-order valence-corrected chi connectivity index (χ4v) is 5.05. The van der Waals surface area contributed by atoms with Gasteiger partial charge in [-0.3, -0.25) is 15.5 Å². The Morgan fingerprint density at radius 3 is 2.66 bits per heavy atom. The molecule has 10 heteroatoms. The number of nitrogens with one attached hydrogen (secondary N) is 1. The van der Waals surface area contributed by atoms with Gasteiger partial charge in [-0.05, 0) is 49.4 Å². The van der Waals surface area contributed by atoms with Gasteiger partial charge >= 0.3 is 0 Å². The van der Waals surface area contributed by atoms with Crippen LogP contribution in [-0.2, 0) is 10.0 Å². The summed E-state index contributed by atoms with van der Waals surface area (Å²) in [6.07, 6.45) is 4.14. The smallest absolute Gasteiger partial charge is 0.295 e.